The molecule has 0 aromatic carbocycles. The molecule has 104 valence electrons. The molecule has 0 bridgehead atoms. The van der Waals surface area contributed by atoms with Crippen LogP contribution < -0.4 is 0 Å². The summed E-state index contributed by atoms with van der Waals surface area (Å²) in [5, 5.41) is 13.4. The summed E-state index contributed by atoms with van der Waals surface area (Å²) in [5.74, 6) is 1.05. The second-order valence-corrected chi connectivity index (χ2v) is 4.90. The monoisotopic (exact) mass is 265 g/mol. The van der Waals surface area contributed by atoms with Crippen LogP contribution in [0.1, 0.15) is 26.6 Å². The smallest absolute Gasteiger partial charge is 0.261 e. The van der Waals surface area contributed by atoms with E-state index in [1.807, 2.05) is 0 Å². The number of nitrogens with zero attached hydrogens (tertiary/aromatic N) is 3. The zero-order chi connectivity index (χ0) is 13.8. The summed E-state index contributed by atoms with van der Waals surface area (Å²) in [5.41, 5.74) is 0.769. The maximum absolute atomic E-state index is 9.49. The highest BCUT2D eigenvalue weighted by atomic mass is 16.5. The second-order valence-electron chi connectivity index (χ2n) is 4.90. The number of hydrogen-bond acceptors (Lipinski definition) is 6. The molecule has 0 aliphatic heterocycles. The molecule has 0 aliphatic rings. The number of aromatic nitrogens is 2. The lowest BCUT2D eigenvalue weighted by atomic mass is 10.2. The quantitative estimate of drug-likeness (QED) is 0.860. The number of furan rings is 1. The van der Waals surface area contributed by atoms with Gasteiger partial charge in [0.15, 0.2) is 5.82 Å². The van der Waals surface area contributed by atoms with Crippen molar-refractivity contribution in [2.45, 2.75) is 39.5 Å². The predicted molar refractivity (Wildman–Crippen MR) is 69.2 cm³/mol. The first kappa shape index (κ1) is 13.8. The molecule has 19 heavy (non-hydrogen) atoms. The Morgan fingerprint density at radius 2 is 2.16 bits per heavy atom. The summed E-state index contributed by atoms with van der Waals surface area (Å²) in [6.07, 6.45) is 2.74. The van der Waals surface area contributed by atoms with Crippen LogP contribution in [0.2, 0.25) is 0 Å². The van der Waals surface area contributed by atoms with Crippen molar-refractivity contribution in [3.05, 3.63) is 24.4 Å². The van der Waals surface area contributed by atoms with Gasteiger partial charge in [-0.1, -0.05) is 5.16 Å². The summed E-state index contributed by atoms with van der Waals surface area (Å²) in [6, 6.07) is 2.07. The molecule has 1 unspecified atom stereocenters. The Kier molecular flexibility index (Phi) is 4.34. The van der Waals surface area contributed by atoms with E-state index >= 15 is 0 Å². The Bertz CT molecular complexity index is 491. The Hall–Kier alpha value is -1.66. The topological polar surface area (TPSA) is 75.5 Å². The van der Waals surface area contributed by atoms with E-state index in [0.29, 0.717) is 30.8 Å². The van der Waals surface area contributed by atoms with Crippen molar-refractivity contribution in [1.29, 1.82) is 0 Å². The van der Waals surface area contributed by atoms with E-state index in [2.05, 4.69) is 28.9 Å². The van der Waals surface area contributed by atoms with Crippen LogP contribution >= 0.6 is 0 Å². The molecular weight excluding hydrogens is 246 g/mol. The average Bonchev–Trinajstić information content (AvgIpc) is 2.97. The van der Waals surface area contributed by atoms with Gasteiger partial charge in [0.2, 0.25) is 0 Å². The number of rotatable bonds is 6. The van der Waals surface area contributed by atoms with Crippen molar-refractivity contribution in [3.8, 4) is 11.5 Å². The van der Waals surface area contributed by atoms with Gasteiger partial charge in [-0.3, -0.25) is 4.90 Å². The van der Waals surface area contributed by atoms with Crippen molar-refractivity contribution in [1.82, 2.24) is 15.0 Å². The van der Waals surface area contributed by atoms with Crippen LogP contribution in [0, 0.1) is 0 Å². The van der Waals surface area contributed by atoms with Gasteiger partial charge in [-0.25, -0.2) is 0 Å². The highest BCUT2D eigenvalue weighted by Crippen LogP contribution is 2.18. The Morgan fingerprint density at radius 3 is 2.74 bits per heavy atom. The first-order valence-corrected chi connectivity index (χ1v) is 6.33. The summed E-state index contributed by atoms with van der Waals surface area (Å²) >= 11 is 0. The SMILES string of the molecule is CC(O)CN(Cc1noc(-c2ccoc2)n1)C(C)C. The molecule has 0 radical (unpaired) electrons. The van der Waals surface area contributed by atoms with Gasteiger partial charge in [0.05, 0.1) is 24.5 Å². The lowest BCUT2D eigenvalue weighted by Gasteiger charge is -2.26. The third kappa shape index (κ3) is 3.65. The Labute approximate surface area is 112 Å². The third-order valence-corrected chi connectivity index (χ3v) is 2.81. The highest BCUT2D eigenvalue weighted by molar-refractivity contribution is 5.49. The first-order valence-electron chi connectivity index (χ1n) is 6.33. The first-order chi connectivity index (χ1) is 9.06. The fourth-order valence-corrected chi connectivity index (χ4v) is 1.80. The molecule has 2 heterocycles. The van der Waals surface area contributed by atoms with Gasteiger partial charge >= 0.3 is 0 Å². The van der Waals surface area contributed by atoms with Crippen molar-refractivity contribution in [3.63, 3.8) is 0 Å². The molecule has 1 atom stereocenters. The van der Waals surface area contributed by atoms with E-state index in [9.17, 15) is 5.11 Å². The number of hydrogen-bond donors (Lipinski definition) is 1. The minimum atomic E-state index is -0.386. The molecule has 2 aromatic heterocycles. The molecule has 0 saturated carbocycles. The van der Waals surface area contributed by atoms with Gasteiger partial charge in [-0.2, -0.15) is 4.98 Å². The van der Waals surface area contributed by atoms with Gasteiger partial charge in [0, 0.05) is 12.6 Å². The molecule has 0 spiro atoms. The standard InChI is InChI=1S/C13H19N3O3/c1-9(2)16(6-10(3)17)7-12-14-13(19-15-12)11-4-5-18-8-11/h4-5,8-10,17H,6-7H2,1-3H3. The molecule has 0 saturated heterocycles. The second kappa shape index (κ2) is 5.99. The molecule has 6 nitrogen and oxygen atoms in total. The summed E-state index contributed by atoms with van der Waals surface area (Å²) in [6.45, 7) is 7.03. The van der Waals surface area contributed by atoms with Crippen LogP contribution in [0.25, 0.3) is 11.5 Å². The van der Waals surface area contributed by atoms with E-state index in [1.54, 1.807) is 25.5 Å². The summed E-state index contributed by atoms with van der Waals surface area (Å²) in [7, 11) is 0. The molecular formula is C13H19N3O3. The van der Waals surface area contributed by atoms with Crippen LogP contribution in [0.15, 0.2) is 27.5 Å². The zero-order valence-electron chi connectivity index (χ0n) is 11.4. The van der Waals surface area contributed by atoms with Gasteiger partial charge < -0.3 is 14.0 Å². The van der Waals surface area contributed by atoms with E-state index in [4.69, 9.17) is 8.94 Å². The van der Waals surface area contributed by atoms with Gasteiger partial charge in [-0.05, 0) is 26.8 Å². The third-order valence-electron chi connectivity index (χ3n) is 2.81. The zero-order valence-corrected chi connectivity index (χ0v) is 11.4. The minimum Gasteiger partial charge on any atom is -0.472 e. The molecule has 2 aromatic rings. The highest BCUT2D eigenvalue weighted by Gasteiger charge is 2.17. The van der Waals surface area contributed by atoms with E-state index in [0.717, 1.165) is 5.56 Å². The Balaban J connectivity index is 2.06. The maximum Gasteiger partial charge on any atom is 0.261 e. The van der Waals surface area contributed by atoms with Gasteiger partial charge in [0.1, 0.15) is 6.26 Å². The maximum atomic E-state index is 9.49. The normalized spacial score (nSPS) is 13.4. The van der Waals surface area contributed by atoms with Crippen LogP contribution in [0.4, 0.5) is 0 Å². The molecule has 0 amide bonds. The molecule has 0 fully saturated rings. The van der Waals surface area contributed by atoms with Crippen LogP contribution in [-0.4, -0.2) is 38.8 Å². The fourth-order valence-electron chi connectivity index (χ4n) is 1.80. The molecule has 1 N–H and O–H groups in total. The minimum absolute atomic E-state index is 0.297. The number of aliphatic hydroxyl groups is 1. The van der Waals surface area contributed by atoms with Crippen molar-refractivity contribution in [2.75, 3.05) is 6.54 Å². The van der Waals surface area contributed by atoms with Crippen LogP contribution in [-0.2, 0) is 6.54 Å². The fraction of sp³-hybridized carbons (Fsp3) is 0.538. The molecule has 2 rings (SSSR count). The Morgan fingerprint density at radius 1 is 1.37 bits per heavy atom. The molecule has 6 heteroatoms. The van der Waals surface area contributed by atoms with Crippen molar-refractivity contribution >= 4 is 0 Å². The predicted octanol–water partition coefficient (Wildman–Crippen LogP) is 1.92. The van der Waals surface area contributed by atoms with Crippen LogP contribution in [0.5, 0.6) is 0 Å². The van der Waals surface area contributed by atoms with Crippen LogP contribution in [0.3, 0.4) is 0 Å². The van der Waals surface area contributed by atoms with E-state index in [-0.39, 0.29) is 6.10 Å². The molecule has 0 aliphatic carbocycles. The average molecular weight is 265 g/mol. The van der Waals surface area contributed by atoms with Gasteiger partial charge in [0.25, 0.3) is 5.89 Å². The van der Waals surface area contributed by atoms with Crippen molar-refractivity contribution < 1.29 is 14.0 Å². The van der Waals surface area contributed by atoms with E-state index in [1.165, 1.54) is 0 Å². The van der Waals surface area contributed by atoms with Crippen molar-refractivity contribution in [2.24, 2.45) is 0 Å². The lowest BCUT2D eigenvalue weighted by Crippen LogP contribution is -2.36. The van der Waals surface area contributed by atoms with E-state index < -0.39 is 0 Å². The summed E-state index contributed by atoms with van der Waals surface area (Å²) in [4.78, 5) is 6.41. The number of aliphatic hydroxyl groups excluding tert-OH is 1. The van der Waals surface area contributed by atoms with Gasteiger partial charge in [-0.15, -0.1) is 0 Å². The summed E-state index contributed by atoms with van der Waals surface area (Å²) < 4.78 is 10.2. The lowest BCUT2D eigenvalue weighted by molar-refractivity contribution is 0.100. The largest absolute Gasteiger partial charge is 0.472 e.